The Balaban J connectivity index is 1.64. The van der Waals surface area contributed by atoms with E-state index in [1.807, 2.05) is 19.1 Å². The van der Waals surface area contributed by atoms with E-state index in [0.29, 0.717) is 25.7 Å². The predicted octanol–water partition coefficient (Wildman–Crippen LogP) is 0.778. The van der Waals surface area contributed by atoms with Crippen molar-refractivity contribution in [2.75, 3.05) is 26.7 Å². The van der Waals surface area contributed by atoms with Gasteiger partial charge in [-0.25, -0.2) is 4.79 Å². The number of benzene rings is 1. The summed E-state index contributed by atoms with van der Waals surface area (Å²) in [6.07, 6.45) is 11.6. The standard InChI is InChI=1S/C37H48N6O8/c1-5-6-7-8-12-19-31(44)39-27(22-26-15-10-9-11-16-26)33(46)40-28-23-51-37(50)30-18-14-21-43(30)34(47)24(2)38-32(45)25(3)41(4)36(49)29-17-13-20-42(29)35(28)48/h5-12,15-16,19,24-25,27-30H,13-14,17-18,20-23H2,1-4H3,(H,38,45)(H,39,44)(H,40,46)/b6-5+,8-7+,19-12+/t24-,25-,27-,28-,29?,30-/m0/s1. The van der Waals surface area contributed by atoms with Crippen LogP contribution in [0.3, 0.4) is 0 Å². The van der Waals surface area contributed by atoms with Gasteiger partial charge in [0.05, 0.1) is 0 Å². The minimum absolute atomic E-state index is 0.0915. The van der Waals surface area contributed by atoms with E-state index in [9.17, 15) is 33.6 Å². The van der Waals surface area contributed by atoms with Gasteiger partial charge in [-0.05, 0) is 52.0 Å². The van der Waals surface area contributed by atoms with Crippen molar-refractivity contribution in [3.05, 3.63) is 72.4 Å². The Bertz CT molecular complexity index is 1560. The summed E-state index contributed by atoms with van der Waals surface area (Å²) < 4.78 is 5.63. The third-order valence-electron chi connectivity index (χ3n) is 9.36. The number of allylic oxidation sites excluding steroid dienone is 5. The van der Waals surface area contributed by atoms with Gasteiger partial charge in [0, 0.05) is 32.6 Å². The molecule has 0 spiro atoms. The molecule has 6 amide bonds. The molecule has 1 aromatic rings. The number of nitrogens with one attached hydrogen (secondary N) is 3. The number of nitrogens with zero attached hydrogens (tertiary/aromatic N) is 3. The molecular weight excluding hydrogens is 656 g/mol. The van der Waals surface area contributed by atoms with E-state index in [0.717, 1.165) is 5.56 Å². The first kappa shape index (κ1) is 38.5. The molecule has 14 nitrogen and oxygen atoms in total. The van der Waals surface area contributed by atoms with Crippen LogP contribution in [0.25, 0.3) is 0 Å². The minimum Gasteiger partial charge on any atom is -0.461 e. The highest BCUT2D eigenvalue weighted by Crippen LogP contribution is 2.23. The monoisotopic (exact) mass is 704 g/mol. The average Bonchev–Trinajstić information content (AvgIpc) is 3.82. The zero-order chi connectivity index (χ0) is 37.1. The number of fused-ring (bicyclic) bond motifs is 2. The first-order valence-corrected chi connectivity index (χ1v) is 17.4. The molecule has 51 heavy (non-hydrogen) atoms. The van der Waals surface area contributed by atoms with E-state index in [4.69, 9.17) is 4.74 Å². The summed E-state index contributed by atoms with van der Waals surface area (Å²) in [7, 11) is 1.46. The van der Waals surface area contributed by atoms with Crippen LogP contribution in [-0.4, -0.2) is 119 Å². The quantitative estimate of drug-likeness (QED) is 0.202. The van der Waals surface area contributed by atoms with Crippen LogP contribution in [0, 0.1) is 0 Å². The van der Waals surface area contributed by atoms with Crippen LogP contribution < -0.4 is 16.0 Å². The van der Waals surface area contributed by atoms with E-state index in [-0.39, 0.29) is 19.5 Å². The lowest BCUT2D eigenvalue weighted by molar-refractivity contribution is -0.158. The smallest absolute Gasteiger partial charge is 0.328 e. The largest absolute Gasteiger partial charge is 0.461 e. The number of carbonyl (C=O) groups is 7. The Hall–Kier alpha value is -5.27. The SMILES string of the molecule is C/C=C/C=C/C=C/C(=O)N[C@@H](Cc1ccccc1)C(=O)N[C@H]1COC(=O)[C@@H]2CCCN2C(=O)[C@H](C)NC(=O)[C@H](C)N(C)C(=O)C2CCCN2C1=O. The van der Waals surface area contributed by atoms with Gasteiger partial charge in [0.25, 0.3) is 0 Å². The molecule has 0 radical (unpaired) electrons. The van der Waals surface area contributed by atoms with Gasteiger partial charge in [-0.3, -0.25) is 28.8 Å². The van der Waals surface area contributed by atoms with Crippen LogP contribution in [0.5, 0.6) is 0 Å². The molecule has 14 heteroatoms. The Morgan fingerprint density at radius 3 is 2.24 bits per heavy atom. The highest BCUT2D eigenvalue weighted by atomic mass is 16.5. The van der Waals surface area contributed by atoms with Crippen LogP contribution in [0.4, 0.5) is 0 Å². The van der Waals surface area contributed by atoms with Crippen LogP contribution in [0.15, 0.2) is 66.8 Å². The zero-order valence-electron chi connectivity index (χ0n) is 29.6. The fraction of sp³-hybridized carbons (Fsp3) is 0.486. The lowest BCUT2D eigenvalue weighted by Gasteiger charge is -2.34. The van der Waals surface area contributed by atoms with E-state index >= 15 is 0 Å². The zero-order valence-corrected chi connectivity index (χ0v) is 29.6. The van der Waals surface area contributed by atoms with Crippen LogP contribution in [0.1, 0.15) is 52.0 Å². The predicted molar refractivity (Wildman–Crippen MR) is 187 cm³/mol. The maximum absolute atomic E-state index is 14.2. The van der Waals surface area contributed by atoms with E-state index < -0.39 is 84.3 Å². The summed E-state index contributed by atoms with van der Waals surface area (Å²) in [5.74, 6) is -4.19. The number of hydrogen-bond acceptors (Lipinski definition) is 8. The van der Waals surface area contributed by atoms with Crippen molar-refractivity contribution >= 4 is 41.4 Å². The number of carbonyl (C=O) groups excluding carboxylic acids is 7. The third-order valence-corrected chi connectivity index (χ3v) is 9.36. The molecule has 3 heterocycles. The van der Waals surface area contributed by atoms with Gasteiger partial charge in [0.15, 0.2) is 0 Å². The van der Waals surface area contributed by atoms with Crippen LogP contribution >= 0.6 is 0 Å². The fourth-order valence-electron chi connectivity index (χ4n) is 6.38. The molecule has 3 N–H and O–H groups in total. The lowest BCUT2D eigenvalue weighted by atomic mass is 10.0. The first-order valence-electron chi connectivity index (χ1n) is 17.4. The molecule has 6 atom stereocenters. The molecule has 3 aliphatic rings. The van der Waals surface area contributed by atoms with Crippen LogP contribution in [0.2, 0.25) is 0 Å². The van der Waals surface area contributed by atoms with Crippen molar-refractivity contribution in [2.24, 2.45) is 0 Å². The molecule has 1 unspecified atom stereocenters. The highest BCUT2D eigenvalue weighted by Gasteiger charge is 2.43. The maximum Gasteiger partial charge on any atom is 0.328 e. The molecule has 3 saturated heterocycles. The summed E-state index contributed by atoms with van der Waals surface area (Å²) in [6.45, 7) is 4.80. The molecular formula is C37H48N6O8. The lowest BCUT2D eigenvalue weighted by Crippen LogP contribution is -2.60. The summed E-state index contributed by atoms with van der Waals surface area (Å²) >= 11 is 0. The third kappa shape index (κ3) is 9.92. The highest BCUT2D eigenvalue weighted by molar-refractivity contribution is 5.98. The van der Waals surface area contributed by atoms with Crippen LogP contribution in [-0.2, 0) is 44.7 Å². The number of likely N-dealkylation sites (N-methyl/N-ethyl adjacent to an activating group) is 1. The molecule has 0 aliphatic carbocycles. The normalized spacial score (nSPS) is 26.0. The molecule has 0 aromatic heterocycles. The van der Waals surface area contributed by atoms with Gasteiger partial charge in [-0.2, -0.15) is 0 Å². The van der Waals surface area contributed by atoms with E-state index in [1.54, 1.807) is 42.5 Å². The summed E-state index contributed by atoms with van der Waals surface area (Å²) in [6, 6.07) is 2.64. The molecule has 0 saturated carbocycles. The number of ether oxygens (including phenoxy) is 1. The second kappa shape index (κ2) is 18.1. The van der Waals surface area contributed by atoms with Crippen molar-refractivity contribution in [1.82, 2.24) is 30.7 Å². The Morgan fingerprint density at radius 2 is 1.55 bits per heavy atom. The van der Waals surface area contributed by atoms with Gasteiger partial charge in [-0.15, -0.1) is 0 Å². The van der Waals surface area contributed by atoms with Crippen molar-refractivity contribution in [1.29, 1.82) is 0 Å². The fourth-order valence-corrected chi connectivity index (χ4v) is 6.38. The number of hydrogen-bond donors (Lipinski definition) is 3. The Kier molecular flexibility index (Phi) is 13.7. The summed E-state index contributed by atoms with van der Waals surface area (Å²) in [5.41, 5.74) is 0.747. The molecule has 3 fully saturated rings. The number of amides is 6. The molecule has 1 aromatic carbocycles. The minimum atomic E-state index is -1.42. The molecule has 3 aliphatic heterocycles. The molecule has 0 bridgehead atoms. The second-order valence-electron chi connectivity index (χ2n) is 12.9. The van der Waals surface area contributed by atoms with Crippen molar-refractivity contribution < 1.29 is 38.3 Å². The first-order chi connectivity index (χ1) is 24.4. The van der Waals surface area contributed by atoms with Gasteiger partial charge >= 0.3 is 5.97 Å². The van der Waals surface area contributed by atoms with Gasteiger partial charge in [0.1, 0.15) is 42.9 Å². The average molecular weight is 705 g/mol. The van der Waals surface area contributed by atoms with Gasteiger partial charge in [-0.1, -0.05) is 60.7 Å². The second-order valence-corrected chi connectivity index (χ2v) is 12.9. The van der Waals surface area contributed by atoms with Gasteiger partial charge in [0.2, 0.25) is 35.4 Å². The molecule has 4 rings (SSSR count). The van der Waals surface area contributed by atoms with Crippen molar-refractivity contribution in [3.63, 3.8) is 0 Å². The maximum atomic E-state index is 14.2. The van der Waals surface area contributed by atoms with Crippen molar-refractivity contribution in [2.45, 2.75) is 89.1 Å². The number of esters is 1. The number of rotatable bonds is 8. The van der Waals surface area contributed by atoms with Gasteiger partial charge < -0.3 is 35.4 Å². The Labute approximate surface area is 298 Å². The van der Waals surface area contributed by atoms with E-state index in [2.05, 4.69) is 16.0 Å². The summed E-state index contributed by atoms with van der Waals surface area (Å²) in [5, 5.41) is 8.05. The topological polar surface area (TPSA) is 175 Å². The van der Waals surface area contributed by atoms with Crippen molar-refractivity contribution in [3.8, 4) is 0 Å². The summed E-state index contributed by atoms with van der Waals surface area (Å²) in [4.78, 5) is 98.6. The Morgan fingerprint density at radius 1 is 0.902 bits per heavy atom. The van der Waals surface area contributed by atoms with E-state index in [1.165, 1.54) is 47.7 Å². The molecule has 274 valence electrons. The number of cyclic esters (lactones) is 1.